The molecule has 0 bridgehead atoms. The minimum absolute atomic E-state index is 0.0598. The zero-order chi connectivity index (χ0) is 19.8. The molecule has 0 atom stereocenters. The number of aromatic nitrogens is 2. The van der Waals surface area contributed by atoms with E-state index >= 15 is 0 Å². The van der Waals surface area contributed by atoms with E-state index in [1.54, 1.807) is 6.07 Å². The number of alkyl halides is 3. The van der Waals surface area contributed by atoms with Crippen LogP contribution in [0, 0.1) is 5.82 Å². The van der Waals surface area contributed by atoms with Crippen LogP contribution in [0.2, 0.25) is 0 Å². The van der Waals surface area contributed by atoms with Crippen LogP contribution in [0.15, 0.2) is 50.8 Å². The van der Waals surface area contributed by atoms with Crippen molar-refractivity contribution >= 4 is 44.3 Å². The number of fused-ring (bicyclic) bond motifs is 1. The Morgan fingerprint density at radius 2 is 2.00 bits per heavy atom. The lowest BCUT2D eigenvalue weighted by atomic mass is 10.1. The third-order valence-corrected chi connectivity index (χ3v) is 5.18. The maximum absolute atomic E-state index is 13.6. The van der Waals surface area contributed by atoms with Crippen LogP contribution in [0.25, 0.3) is 10.9 Å². The minimum atomic E-state index is -4.61. The Balaban J connectivity index is 2.13. The molecule has 142 valence electrons. The Bertz CT molecular complexity index is 1070. The van der Waals surface area contributed by atoms with Gasteiger partial charge in [-0.05, 0) is 52.0 Å². The van der Waals surface area contributed by atoms with E-state index in [9.17, 15) is 22.4 Å². The summed E-state index contributed by atoms with van der Waals surface area (Å²) in [6, 6.07) is 5.67. The third-order valence-electron chi connectivity index (χ3n) is 3.62. The first kappa shape index (κ1) is 19.7. The van der Waals surface area contributed by atoms with Crippen LogP contribution in [0.4, 0.5) is 23.2 Å². The summed E-state index contributed by atoms with van der Waals surface area (Å²) in [5.41, 5.74) is 1.44. The molecule has 10 heteroatoms. The van der Waals surface area contributed by atoms with E-state index in [4.69, 9.17) is 0 Å². The number of hydrogen-bond acceptors (Lipinski definition) is 4. The predicted octanol–water partition coefficient (Wildman–Crippen LogP) is 5.30. The van der Waals surface area contributed by atoms with Crippen LogP contribution in [-0.2, 0) is 6.18 Å². The Morgan fingerprint density at radius 3 is 2.67 bits per heavy atom. The summed E-state index contributed by atoms with van der Waals surface area (Å²) in [6.45, 7) is 1.91. The fourth-order valence-electron chi connectivity index (χ4n) is 2.43. The second-order valence-corrected chi connectivity index (χ2v) is 7.62. The molecule has 0 fully saturated rings. The van der Waals surface area contributed by atoms with Crippen molar-refractivity contribution in [1.29, 1.82) is 0 Å². The summed E-state index contributed by atoms with van der Waals surface area (Å²) in [5.74, 6) is 0.203. The third kappa shape index (κ3) is 4.11. The van der Waals surface area contributed by atoms with E-state index < -0.39 is 23.1 Å². The molecule has 3 aromatic rings. The summed E-state index contributed by atoms with van der Waals surface area (Å²) >= 11 is 4.45. The number of hydrogen-bond donors (Lipinski definition) is 1. The van der Waals surface area contributed by atoms with E-state index in [1.165, 1.54) is 23.9 Å². The quantitative estimate of drug-likeness (QED) is 0.422. The zero-order valence-corrected chi connectivity index (χ0v) is 16.2. The van der Waals surface area contributed by atoms with Crippen LogP contribution in [-0.4, -0.2) is 15.4 Å². The largest absolute Gasteiger partial charge is 0.416 e. The van der Waals surface area contributed by atoms with Crippen LogP contribution in [0.1, 0.15) is 12.5 Å². The van der Waals surface area contributed by atoms with E-state index in [1.807, 2.05) is 6.92 Å². The maximum atomic E-state index is 13.6. The van der Waals surface area contributed by atoms with Crippen molar-refractivity contribution in [2.24, 2.45) is 0 Å². The van der Waals surface area contributed by atoms with Gasteiger partial charge in [0.1, 0.15) is 12.1 Å². The van der Waals surface area contributed by atoms with Gasteiger partial charge in [-0.2, -0.15) is 13.2 Å². The van der Waals surface area contributed by atoms with Crippen molar-refractivity contribution in [3.63, 3.8) is 0 Å². The molecule has 0 aliphatic rings. The highest BCUT2D eigenvalue weighted by molar-refractivity contribution is 9.10. The van der Waals surface area contributed by atoms with Gasteiger partial charge in [0.2, 0.25) is 0 Å². The molecule has 0 aliphatic heterocycles. The van der Waals surface area contributed by atoms with Crippen LogP contribution >= 0.6 is 27.7 Å². The standard InChI is InChI=1S/C17H12BrF4N3OS/c1-2-27-14-4-3-10(19)7-13(14)24-25-8-23-15-11(16(25)26)5-9(6-12(15)18)17(20,21)22/h3-8,24H,2H2,1H3. The van der Waals surface area contributed by atoms with Crippen molar-refractivity contribution < 1.29 is 17.6 Å². The van der Waals surface area contributed by atoms with E-state index in [2.05, 4.69) is 26.3 Å². The molecular formula is C17H12BrF4N3OS. The number of halogens is 5. The summed E-state index contributed by atoms with van der Waals surface area (Å²) in [6.07, 6.45) is -3.46. The van der Waals surface area contributed by atoms with Gasteiger partial charge in [-0.3, -0.25) is 10.2 Å². The van der Waals surface area contributed by atoms with Crippen molar-refractivity contribution in [2.45, 2.75) is 18.0 Å². The number of benzene rings is 2. The van der Waals surface area contributed by atoms with Gasteiger partial charge in [-0.15, -0.1) is 11.8 Å². The number of rotatable bonds is 4. The van der Waals surface area contributed by atoms with Crippen molar-refractivity contribution in [2.75, 3.05) is 11.2 Å². The predicted molar refractivity (Wildman–Crippen MR) is 101 cm³/mol. The first-order valence-corrected chi connectivity index (χ1v) is 9.46. The normalized spacial score (nSPS) is 11.8. The minimum Gasteiger partial charge on any atom is -0.289 e. The molecule has 1 aromatic heterocycles. The van der Waals surface area contributed by atoms with Crippen molar-refractivity contribution in [1.82, 2.24) is 9.66 Å². The molecule has 0 saturated carbocycles. The molecule has 2 aromatic carbocycles. The average Bonchev–Trinajstić information content (AvgIpc) is 2.59. The van der Waals surface area contributed by atoms with Gasteiger partial charge in [-0.1, -0.05) is 6.92 Å². The van der Waals surface area contributed by atoms with Crippen molar-refractivity contribution in [3.8, 4) is 0 Å². The lowest BCUT2D eigenvalue weighted by molar-refractivity contribution is -0.137. The number of nitrogens with one attached hydrogen (secondary N) is 1. The number of nitrogens with zero attached hydrogens (tertiary/aromatic N) is 2. The zero-order valence-electron chi connectivity index (χ0n) is 13.8. The molecule has 0 amide bonds. The molecule has 0 radical (unpaired) electrons. The fourth-order valence-corrected chi connectivity index (χ4v) is 3.73. The van der Waals surface area contributed by atoms with Gasteiger partial charge >= 0.3 is 6.18 Å². The molecule has 0 saturated heterocycles. The molecular weight excluding hydrogens is 450 g/mol. The number of thioether (sulfide) groups is 1. The highest BCUT2D eigenvalue weighted by Gasteiger charge is 2.31. The molecule has 0 spiro atoms. The highest BCUT2D eigenvalue weighted by atomic mass is 79.9. The summed E-state index contributed by atoms with van der Waals surface area (Å²) < 4.78 is 53.7. The van der Waals surface area contributed by atoms with Crippen LogP contribution in [0.3, 0.4) is 0 Å². The van der Waals surface area contributed by atoms with Gasteiger partial charge < -0.3 is 0 Å². The Kier molecular flexibility index (Phi) is 5.48. The molecule has 0 unspecified atom stereocenters. The van der Waals surface area contributed by atoms with E-state index in [0.29, 0.717) is 16.3 Å². The van der Waals surface area contributed by atoms with Gasteiger partial charge in [0.05, 0.1) is 22.2 Å². The van der Waals surface area contributed by atoms with Gasteiger partial charge in [0.25, 0.3) is 5.56 Å². The fraction of sp³-hybridized carbons (Fsp3) is 0.176. The molecule has 27 heavy (non-hydrogen) atoms. The second-order valence-electron chi connectivity index (χ2n) is 5.46. The average molecular weight is 462 g/mol. The first-order chi connectivity index (χ1) is 12.7. The molecule has 4 nitrogen and oxygen atoms in total. The first-order valence-electron chi connectivity index (χ1n) is 7.68. The van der Waals surface area contributed by atoms with Crippen LogP contribution < -0.4 is 11.0 Å². The topological polar surface area (TPSA) is 46.9 Å². The van der Waals surface area contributed by atoms with E-state index in [0.717, 1.165) is 23.1 Å². The van der Waals surface area contributed by atoms with Crippen LogP contribution in [0.5, 0.6) is 0 Å². The SMILES string of the molecule is CCSc1ccc(F)cc1Nn1cnc2c(Br)cc(C(F)(F)F)cc2c1=O. The maximum Gasteiger partial charge on any atom is 0.416 e. The molecule has 1 heterocycles. The summed E-state index contributed by atoms with van der Waals surface area (Å²) in [4.78, 5) is 17.4. The lowest BCUT2D eigenvalue weighted by Crippen LogP contribution is -2.27. The van der Waals surface area contributed by atoms with Gasteiger partial charge in [0, 0.05) is 9.37 Å². The van der Waals surface area contributed by atoms with Gasteiger partial charge in [-0.25, -0.2) is 14.1 Å². The highest BCUT2D eigenvalue weighted by Crippen LogP contribution is 2.34. The molecule has 0 aliphatic carbocycles. The Morgan fingerprint density at radius 1 is 1.26 bits per heavy atom. The molecule has 3 rings (SSSR count). The molecule has 1 N–H and O–H groups in total. The lowest BCUT2D eigenvalue weighted by Gasteiger charge is -2.14. The Labute approximate surface area is 163 Å². The summed E-state index contributed by atoms with van der Waals surface area (Å²) in [7, 11) is 0. The van der Waals surface area contributed by atoms with E-state index in [-0.39, 0.29) is 15.4 Å². The Hall–Kier alpha value is -2.07. The second kappa shape index (κ2) is 7.51. The summed E-state index contributed by atoms with van der Waals surface area (Å²) in [5, 5.41) is -0.215. The van der Waals surface area contributed by atoms with Crippen molar-refractivity contribution in [3.05, 3.63) is 62.9 Å². The van der Waals surface area contributed by atoms with Gasteiger partial charge in [0.15, 0.2) is 0 Å². The smallest absolute Gasteiger partial charge is 0.289 e. The number of anilines is 1. The monoisotopic (exact) mass is 461 g/mol.